The Balaban J connectivity index is 1.29. The van der Waals surface area contributed by atoms with Gasteiger partial charge in [0, 0.05) is 50.8 Å². The third-order valence-electron chi connectivity index (χ3n) is 12.1. The minimum absolute atomic E-state index is 0.0964. The molecule has 1 aliphatic carbocycles. The van der Waals surface area contributed by atoms with Gasteiger partial charge in [0.2, 0.25) is 11.8 Å². The fraction of sp³-hybridized carbons (Fsp3) is 0.333. The van der Waals surface area contributed by atoms with Crippen molar-refractivity contribution in [3.8, 4) is 28.5 Å². The molecular formula is C42H36Cl3N5O6. The summed E-state index contributed by atoms with van der Waals surface area (Å²) in [5, 5.41) is 22.0. The lowest BCUT2D eigenvalue weighted by Crippen LogP contribution is -2.55. The van der Waals surface area contributed by atoms with Crippen LogP contribution < -0.4 is 20.7 Å². The Morgan fingerprint density at radius 2 is 1.84 bits per heavy atom. The second-order valence-corrected chi connectivity index (χ2v) is 16.8. The van der Waals surface area contributed by atoms with Gasteiger partial charge in [-0.25, -0.2) is 4.98 Å². The van der Waals surface area contributed by atoms with E-state index in [1.54, 1.807) is 13.8 Å². The first-order chi connectivity index (χ1) is 26.9. The molecule has 10 bridgehead atoms. The Kier molecular flexibility index (Phi) is 7.85. The van der Waals surface area contributed by atoms with Crippen molar-refractivity contribution in [2.75, 3.05) is 5.32 Å². The van der Waals surface area contributed by atoms with E-state index in [1.165, 1.54) is 0 Å². The van der Waals surface area contributed by atoms with E-state index in [1.807, 2.05) is 62.4 Å². The molecule has 0 fully saturated rings. The third-order valence-corrected chi connectivity index (χ3v) is 12.9. The smallest absolute Gasteiger partial charge is 0.252 e. The topological polar surface area (TPSA) is 152 Å². The van der Waals surface area contributed by atoms with Crippen molar-refractivity contribution in [1.29, 1.82) is 0 Å². The van der Waals surface area contributed by atoms with Crippen LogP contribution in [0.15, 0.2) is 62.4 Å². The summed E-state index contributed by atoms with van der Waals surface area (Å²) in [6.45, 7) is 7.34. The van der Waals surface area contributed by atoms with E-state index >= 15 is 0 Å². The molecule has 2 unspecified atom stereocenters. The third kappa shape index (κ3) is 4.80. The van der Waals surface area contributed by atoms with E-state index in [0.29, 0.717) is 39.3 Å². The molecule has 0 saturated carbocycles. The average Bonchev–Trinajstić information content (AvgIpc) is 3.98. The van der Waals surface area contributed by atoms with E-state index in [0.717, 1.165) is 44.6 Å². The fourth-order valence-corrected chi connectivity index (χ4v) is 9.84. The van der Waals surface area contributed by atoms with Gasteiger partial charge < -0.3 is 34.6 Å². The molecule has 11 nitrogen and oxygen atoms in total. The van der Waals surface area contributed by atoms with Crippen molar-refractivity contribution in [3.63, 3.8) is 0 Å². The largest absolute Gasteiger partial charge is 0.469 e. The van der Waals surface area contributed by atoms with Gasteiger partial charge in [-0.3, -0.25) is 9.59 Å². The van der Waals surface area contributed by atoms with E-state index in [2.05, 4.69) is 16.0 Å². The Morgan fingerprint density at radius 1 is 1.04 bits per heavy atom. The maximum atomic E-state index is 14.3. The Bertz CT molecular complexity index is 2590. The average molecular weight is 813 g/mol. The summed E-state index contributed by atoms with van der Waals surface area (Å²) < 4.78 is 20.5. The van der Waals surface area contributed by atoms with Crippen LogP contribution >= 0.6 is 34.8 Å². The van der Waals surface area contributed by atoms with Gasteiger partial charge in [0.05, 0.1) is 0 Å². The maximum Gasteiger partial charge on any atom is 0.252 e. The number of rotatable bonds is 5. The molecule has 2 aromatic heterocycles. The van der Waals surface area contributed by atoms with Crippen LogP contribution in [0.3, 0.4) is 0 Å². The molecule has 4 N–H and O–H groups in total. The standard InChI is InChI=1S/C42H36Cl3N5O6/c1-5-41(53,6-2)39(52)46-26-13-18-10-11-27-23(12-18)42-24-16-20(43)15-22(31(24)49-40(42)54-27)21-9-7-8-19-14-25(44)29(28(19)21)33-35(45)50-38(55-33)32-34(42)56-37(48-32)30(17(3)4)47-36(26)51/h7-12,15-17,26,30,40,49,53H,5-6,13-14H2,1-4H3,(H,46,52)(H,47,51)/t26?,30-,40-,42?/m0/s1. The fourth-order valence-electron chi connectivity index (χ4n) is 9.09. The summed E-state index contributed by atoms with van der Waals surface area (Å²) in [6, 6.07) is 13.8. The minimum Gasteiger partial charge on any atom is -0.469 e. The highest BCUT2D eigenvalue weighted by atomic mass is 35.5. The van der Waals surface area contributed by atoms with Gasteiger partial charge in [0.25, 0.3) is 11.8 Å². The second-order valence-electron chi connectivity index (χ2n) is 15.5. The van der Waals surface area contributed by atoms with Gasteiger partial charge in [-0.2, -0.15) is 4.98 Å². The zero-order chi connectivity index (χ0) is 39.0. The molecule has 56 heavy (non-hydrogen) atoms. The normalized spacial score (nSPS) is 22.4. The molecule has 4 atom stereocenters. The lowest BCUT2D eigenvalue weighted by Gasteiger charge is -2.30. The van der Waals surface area contributed by atoms with E-state index < -0.39 is 41.1 Å². The number of hydrogen-bond acceptors (Lipinski definition) is 9. The molecule has 1 spiro atoms. The molecule has 14 heteroatoms. The lowest BCUT2D eigenvalue weighted by atomic mass is 9.72. The molecule has 3 aromatic carbocycles. The van der Waals surface area contributed by atoms with Crippen molar-refractivity contribution in [2.45, 2.75) is 82.7 Å². The maximum absolute atomic E-state index is 14.3. The number of benzene rings is 3. The molecule has 4 aliphatic heterocycles. The van der Waals surface area contributed by atoms with Gasteiger partial charge in [0.15, 0.2) is 28.6 Å². The number of nitrogens with one attached hydrogen (secondary N) is 3. The van der Waals surface area contributed by atoms with Gasteiger partial charge in [-0.15, -0.1) is 0 Å². The first-order valence-electron chi connectivity index (χ1n) is 18.8. The molecule has 0 saturated heterocycles. The first kappa shape index (κ1) is 35.6. The highest BCUT2D eigenvalue weighted by Crippen LogP contribution is 2.62. The molecule has 10 rings (SSSR count). The molecule has 0 radical (unpaired) electrons. The van der Waals surface area contributed by atoms with Crippen molar-refractivity contribution in [1.82, 2.24) is 20.6 Å². The Labute approximate surface area is 336 Å². The summed E-state index contributed by atoms with van der Waals surface area (Å²) >= 11 is 21.2. The Hall–Kier alpha value is -4.81. The van der Waals surface area contributed by atoms with Gasteiger partial charge in [-0.1, -0.05) is 92.8 Å². The SMILES string of the molecule is CCC(O)(CC)C(=O)NC1Cc2ccc3c(c2)C24c5cc(Cl)cc(c5N[C@H]2O3)-c2cccc3c2C(=C(Cl)C3)c2oc(nc2Cl)-c2nc(oc24)[C@H](C(C)C)NC1=O. The zero-order valence-electron chi connectivity index (χ0n) is 30.8. The molecule has 6 heterocycles. The van der Waals surface area contributed by atoms with Gasteiger partial charge >= 0.3 is 0 Å². The van der Waals surface area contributed by atoms with Crippen LogP contribution in [-0.4, -0.2) is 44.8 Å². The number of carbonyl (C=O) groups excluding carboxylic acids is 2. The van der Waals surface area contributed by atoms with Crippen molar-refractivity contribution in [3.05, 3.63) is 109 Å². The predicted molar refractivity (Wildman–Crippen MR) is 211 cm³/mol. The quantitative estimate of drug-likeness (QED) is 0.138. The first-order valence-corrected chi connectivity index (χ1v) is 19.9. The lowest BCUT2D eigenvalue weighted by molar-refractivity contribution is -0.143. The van der Waals surface area contributed by atoms with Crippen molar-refractivity contribution >= 4 is 57.9 Å². The molecule has 5 aromatic rings. The van der Waals surface area contributed by atoms with Crippen molar-refractivity contribution in [2.24, 2.45) is 5.92 Å². The van der Waals surface area contributed by atoms with Crippen LogP contribution in [0.2, 0.25) is 10.2 Å². The number of halogens is 3. The number of aliphatic hydroxyl groups is 1. The van der Waals surface area contributed by atoms with Gasteiger partial charge in [0.1, 0.15) is 28.8 Å². The van der Waals surface area contributed by atoms with Crippen LogP contribution in [0.25, 0.3) is 28.3 Å². The van der Waals surface area contributed by atoms with Crippen molar-refractivity contribution < 1.29 is 28.3 Å². The molecular weight excluding hydrogens is 777 g/mol. The van der Waals surface area contributed by atoms with Crippen LogP contribution in [0, 0.1) is 5.92 Å². The number of fused-ring (bicyclic) bond motifs is 7. The summed E-state index contributed by atoms with van der Waals surface area (Å²) in [7, 11) is 0. The van der Waals surface area contributed by atoms with E-state index in [4.69, 9.17) is 58.3 Å². The van der Waals surface area contributed by atoms with Crippen LogP contribution in [0.1, 0.15) is 91.8 Å². The molecule has 5 aliphatic rings. The second kappa shape index (κ2) is 12.3. The monoisotopic (exact) mass is 811 g/mol. The van der Waals surface area contributed by atoms with E-state index in [9.17, 15) is 14.7 Å². The number of aromatic nitrogens is 2. The summed E-state index contributed by atoms with van der Waals surface area (Å²) in [4.78, 5) is 37.8. The summed E-state index contributed by atoms with van der Waals surface area (Å²) in [6.07, 6.45) is 0.194. The van der Waals surface area contributed by atoms with Crippen LogP contribution in [0.4, 0.5) is 5.69 Å². The number of allylic oxidation sites excluding steroid dienone is 1. The highest BCUT2D eigenvalue weighted by molar-refractivity contribution is 6.37. The van der Waals surface area contributed by atoms with Crippen LogP contribution in [0.5, 0.6) is 5.75 Å². The number of carbonyl (C=O) groups is 2. The number of oxazole rings is 2. The summed E-state index contributed by atoms with van der Waals surface area (Å²) in [5.74, 6) is 0.187. The number of anilines is 1. The number of amides is 2. The van der Waals surface area contributed by atoms with Crippen LogP contribution in [-0.2, 0) is 27.8 Å². The molecule has 2 amide bonds. The summed E-state index contributed by atoms with van der Waals surface area (Å²) in [5.41, 5.74) is 4.60. The highest BCUT2D eigenvalue weighted by Gasteiger charge is 2.62. The number of hydrogen-bond donors (Lipinski definition) is 4. The minimum atomic E-state index is -1.65. The Morgan fingerprint density at radius 3 is 2.61 bits per heavy atom. The van der Waals surface area contributed by atoms with E-state index in [-0.39, 0.29) is 47.8 Å². The predicted octanol–water partition coefficient (Wildman–Crippen LogP) is 8.05. The van der Waals surface area contributed by atoms with Gasteiger partial charge in [-0.05, 0) is 59.2 Å². The number of ether oxygens (including phenoxy) is 1. The zero-order valence-corrected chi connectivity index (χ0v) is 33.0. The number of nitrogens with zero attached hydrogens (tertiary/aromatic N) is 2. The molecule has 286 valence electrons.